The normalized spacial score (nSPS) is 17.5. The first kappa shape index (κ1) is 16.7. The molecule has 0 saturated heterocycles. The maximum absolute atomic E-state index is 12.9. The van der Waals surface area contributed by atoms with E-state index in [1.165, 1.54) is 0 Å². The first-order chi connectivity index (χ1) is 11.7. The fourth-order valence-corrected chi connectivity index (χ4v) is 3.02. The van der Waals surface area contributed by atoms with Crippen molar-refractivity contribution in [2.45, 2.75) is 26.0 Å². The largest absolute Gasteiger partial charge is 0.358 e. The molecule has 2 aromatic carbocycles. The molecule has 1 aliphatic rings. The molecule has 124 valence electrons. The Morgan fingerprint density at radius 2 is 1.88 bits per heavy atom. The van der Waals surface area contributed by atoms with Crippen LogP contribution in [0.5, 0.6) is 0 Å². The Labute approximate surface area is 147 Å². The second-order valence-electron chi connectivity index (χ2n) is 5.69. The Balaban J connectivity index is 1.92. The Hall–Kier alpha value is -2.10. The van der Waals surface area contributed by atoms with Crippen LogP contribution in [0.15, 0.2) is 60.8 Å². The SMILES string of the molecule is CCO[C@@H]1CCC(c2ccc(Cl)cc2)=CN1C(=O)c1ccccc1. The molecule has 3 nitrogen and oxygen atoms in total. The molecule has 3 rings (SSSR count). The summed E-state index contributed by atoms with van der Waals surface area (Å²) in [6.45, 7) is 2.52. The zero-order valence-corrected chi connectivity index (χ0v) is 14.4. The average molecular weight is 342 g/mol. The number of carbonyl (C=O) groups is 1. The predicted molar refractivity (Wildman–Crippen MR) is 96.7 cm³/mol. The van der Waals surface area contributed by atoms with Crippen LogP contribution in [0.4, 0.5) is 0 Å². The van der Waals surface area contributed by atoms with Crippen LogP contribution in [0.25, 0.3) is 5.57 Å². The molecule has 0 fully saturated rings. The van der Waals surface area contributed by atoms with E-state index in [1.54, 1.807) is 4.90 Å². The molecular formula is C20H20ClNO2. The summed E-state index contributed by atoms with van der Waals surface area (Å²) in [5, 5.41) is 0.708. The van der Waals surface area contributed by atoms with Crippen molar-refractivity contribution in [3.05, 3.63) is 76.9 Å². The zero-order valence-electron chi connectivity index (χ0n) is 13.6. The molecule has 0 radical (unpaired) electrons. The molecule has 0 bridgehead atoms. The third-order valence-corrected chi connectivity index (χ3v) is 4.35. The van der Waals surface area contributed by atoms with E-state index in [1.807, 2.05) is 67.7 Å². The molecule has 1 heterocycles. The van der Waals surface area contributed by atoms with E-state index in [0.29, 0.717) is 17.2 Å². The van der Waals surface area contributed by atoms with Crippen LogP contribution in [0.1, 0.15) is 35.7 Å². The fourth-order valence-electron chi connectivity index (χ4n) is 2.89. The number of ether oxygens (including phenoxy) is 1. The van der Waals surface area contributed by atoms with Gasteiger partial charge in [0.15, 0.2) is 0 Å². The lowest BCUT2D eigenvalue weighted by Gasteiger charge is -2.33. The third-order valence-electron chi connectivity index (χ3n) is 4.10. The molecule has 0 saturated carbocycles. The fraction of sp³-hybridized carbons (Fsp3) is 0.250. The molecule has 0 aliphatic carbocycles. The van der Waals surface area contributed by atoms with Crippen molar-refractivity contribution >= 4 is 23.1 Å². The average Bonchev–Trinajstić information content (AvgIpc) is 2.63. The van der Waals surface area contributed by atoms with Crippen molar-refractivity contribution in [3.63, 3.8) is 0 Å². The van der Waals surface area contributed by atoms with Gasteiger partial charge in [0, 0.05) is 23.4 Å². The van der Waals surface area contributed by atoms with Crippen molar-refractivity contribution in [2.75, 3.05) is 6.61 Å². The lowest BCUT2D eigenvalue weighted by molar-refractivity contribution is -0.0285. The number of hydrogen-bond donors (Lipinski definition) is 0. The summed E-state index contributed by atoms with van der Waals surface area (Å²) in [6.07, 6.45) is 3.34. The van der Waals surface area contributed by atoms with Gasteiger partial charge >= 0.3 is 0 Å². The standard InChI is InChI=1S/C20H20ClNO2/c1-2-24-19-13-10-17(15-8-11-18(21)12-9-15)14-22(19)20(23)16-6-4-3-5-7-16/h3-9,11-12,14,19H,2,10,13H2,1H3/t19-/m1/s1. The lowest BCUT2D eigenvalue weighted by Crippen LogP contribution is -2.40. The van der Waals surface area contributed by atoms with E-state index in [0.717, 1.165) is 24.0 Å². The minimum Gasteiger partial charge on any atom is -0.358 e. The van der Waals surface area contributed by atoms with Crippen molar-refractivity contribution < 1.29 is 9.53 Å². The summed E-state index contributed by atoms with van der Waals surface area (Å²) in [6, 6.07) is 17.0. The second kappa shape index (κ2) is 7.65. The molecule has 1 aliphatic heterocycles. The number of benzene rings is 2. The highest BCUT2D eigenvalue weighted by atomic mass is 35.5. The molecule has 1 amide bonds. The van der Waals surface area contributed by atoms with Crippen molar-refractivity contribution in [1.29, 1.82) is 0 Å². The molecule has 0 spiro atoms. The molecule has 0 unspecified atom stereocenters. The minimum atomic E-state index is -0.223. The van der Waals surface area contributed by atoms with Crippen molar-refractivity contribution in [1.82, 2.24) is 4.90 Å². The van der Waals surface area contributed by atoms with E-state index in [-0.39, 0.29) is 12.1 Å². The molecule has 1 atom stereocenters. The van der Waals surface area contributed by atoms with Gasteiger partial charge in [0.2, 0.25) is 0 Å². The number of carbonyl (C=O) groups excluding carboxylic acids is 1. The highest BCUT2D eigenvalue weighted by molar-refractivity contribution is 6.30. The van der Waals surface area contributed by atoms with Crippen molar-refractivity contribution in [2.24, 2.45) is 0 Å². The van der Waals surface area contributed by atoms with Crippen LogP contribution in [-0.2, 0) is 4.74 Å². The van der Waals surface area contributed by atoms with Gasteiger partial charge in [0.1, 0.15) is 6.23 Å². The molecule has 0 N–H and O–H groups in total. The number of amides is 1. The van der Waals surface area contributed by atoms with Gasteiger partial charge in [0.25, 0.3) is 5.91 Å². The molecule has 24 heavy (non-hydrogen) atoms. The number of rotatable bonds is 4. The van der Waals surface area contributed by atoms with Gasteiger partial charge in [-0.2, -0.15) is 0 Å². The van der Waals surface area contributed by atoms with Crippen LogP contribution in [0.2, 0.25) is 5.02 Å². The quantitative estimate of drug-likeness (QED) is 0.785. The molecule has 2 aromatic rings. The van der Waals surface area contributed by atoms with Gasteiger partial charge in [-0.15, -0.1) is 0 Å². The summed E-state index contributed by atoms with van der Waals surface area (Å²) in [5.74, 6) is -0.0415. The smallest absolute Gasteiger partial charge is 0.259 e. The highest BCUT2D eigenvalue weighted by Crippen LogP contribution is 2.30. The molecule has 4 heteroatoms. The van der Waals surface area contributed by atoms with Crippen LogP contribution >= 0.6 is 11.6 Å². The van der Waals surface area contributed by atoms with E-state index in [4.69, 9.17) is 16.3 Å². The Morgan fingerprint density at radius 3 is 2.54 bits per heavy atom. The van der Waals surface area contributed by atoms with Gasteiger partial charge in [-0.1, -0.05) is 41.9 Å². The minimum absolute atomic E-state index is 0.0415. The summed E-state index contributed by atoms with van der Waals surface area (Å²) in [5.41, 5.74) is 2.86. The van der Waals surface area contributed by atoms with Gasteiger partial charge in [-0.05, 0) is 55.2 Å². The van der Waals surface area contributed by atoms with E-state index < -0.39 is 0 Å². The van der Waals surface area contributed by atoms with Gasteiger partial charge in [-0.3, -0.25) is 9.69 Å². The number of hydrogen-bond acceptors (Lipinski definition) is 2. The maximum Gasteiger partial charge on any atom is 0.259 e. The van der Waals surface area contributed by atoms with Crippen molar-refractivity contribution in [3.8, 4) is 0 Å². The summed E-state index contributed by atoms with van der Waals surface area (Å²) in [7, 11) is 0. The number of nitrogens with zero attached hydrogens (tertiary/aromatic N) is 1. The molecule has 0 aromatic heterocycles. The van der Waals surface area contributed by atoms with Crippen LogP contribution in [0.3, 0.4) is 0 Å². The Bertz CT molecular complexity index is 725. The van der Waals surface area contributed by atoms with E-state index >= 15 is 0 Å². The van der Waals surface area contributed by atoms with Crippen LogP contribution in [-0.4, -0.2) is 23.6 Å². The van der Waals surface area contributed by atoms with Gasteiger partial charge < -0.3 is 4.74 Å². The lowest BCUT2D eigenvalue weighted by atomic mass is 9.98. The highest BCUT2D eigenvalue weighted by Gasteiger charge is 2.28. The van der Waals surface area contributed by atoms with Gasteiger partial charge in [0.05, 0.1) is 0 Å². The first-order valence-electron chi connectivity index (χ1n) is 8.15. The number of halogens is 1. The predicted octanol–water partition coefficient (Wildman–Crippen LogP) is 4.98. The summed E-state index contributed by atoms with van der Waals surface area (Å²) < 4.78 is 5.78. The van der Waals surface area contributed by atoms with Crippen LogP contribution < -0.4 is 0 Å². The monoisotopic (exact) mass is 341 g/mol. The summed E-state index contributed by atoms with van der Waals surface area (Å²) >= 11 is 5.97. The van der Waals surface area contributed by atoms with E-state index in [9.17, 15) is 4.79 Å². The number of allylic oxidation sites excluding steroid dienone is 1. The van der Waals surface area contributed by atoms with Crippen LogP contribution in [0, 0.1) is 0 Å². The maximum atomic E-state index is 12.9. The topological polar surface area (TPSA) is 29.5 Å². The van der Waals surface area contributed by atoms with E-state index in [2.05, 4.69) is 0 Å². The third kappa shape index (κ3) is 3.69. The zero-order chi connectivity index (χ0) is 16.9. The first-order valence-corrected chi connectivity index (χ1v) is 8.53. The Morgan fingerprint density at radius 1 is 1.17 bits per heavy atom. The Kier molecular flexibility index (Phi) is 5.34. The second-order valence-corrected chi connectivity index (χ2v) is 6.12. The summed E-state index contributed by atoms with van der Waals surface area (Å²) in [4.78, 5) is 14.6. The molecular weight excluding hydrogens is 322 g/mol. The van der Waals surface area contributed by atoms with Gasteiger partial charge in [-0.25, -0.2) is 0 Å².